The molecule has 0 spiro atoms. The molecule has 0 radical (unpaired) electrons. The summed E-state index contributed by atoms with van der Waals surface area (Å²) in [7, 11) is -3.36. The summed E-state index contributed by atoms with van der Waals surface area (Å²) < 4.78 is 27.0. The van der Waals surface area contributed by atoms with E-state index in [9.17, 15) is 8.42 Å². The van der Waals surface area contributed by atoms with Crippen molar-refractivity contribution in [2.24, 2.45) is 0 Å². The van der Waals surface area contributed by atoms with Gasteiger partial charge in [-0.3, -0.25) is 4.90 Å². The van der Waals surface area contributed by atoms with E-state index < -0.39 is 10.0 Å². The molecule has 0 unspecified atom stereocenters. The molecule has 0 amide bonds. The van der Waals surface area contributed by atoms with Crippen molar-refractivity contribution in [3.05, 3.63) is 52.7 Å². The molecule has 6 heteroatoms. The van der Waals surface area contributed by atoms with Gasteiger partial charge in [0.1, 0.15) is 0 Å². The smallest absolute Gasteiger partial charge is 0.243 e. The van der Waals surface area contributed by atoms with Crippen molar-refractivity contribution in [2.75, 3.05) is 26.2 Å². The minimum atomic E-state index is -3.36. The molecular formula is C16H20N2O2S2. The van der Waals surface area contributed by atoms with E-state index in [1.807, 2.05) is 6.07 Å². The first-order valence-corrected chi connectivity index (χ1v) is 9.78. The summed E-state index contributed by atoms with van der Waals surface area (Å²) in [5.41, 5.74) is 0. The fourth-order valence-electron chi connectivity index (χ4n) is 2.71. The van der Waals surface area contributed by atoms with Gasteiger partial charge in [0.15, 0.2) is 0 Å². The number of hydrogen-bond acceptors (Lipinski definition) is 4. The van der Waals surface area contributed by atoms with E-state index in [-0.39, 0.29) is 0 Å². The summed E-state index contributed by atoms with van der Waals surface area (Å²) in [6.07, 6.45) is 0.872. The van der Waals surface area contributed by atoms with Crippen LogP contribution in [0.4, 0.5) is 0 Å². The largest absolute Gasteiger partial charge is 0.297 e. The van der Waals surface area contributed by atoms with Crippen molar-refractivity contribution in [1.29, 1.82) is 0 Å². The highest BCUT2D eigenvalue weighted by molar-refractivity contribution is 7.89. The van der Waals surface area contributed by atoms with E-state index in [1.54, 1.807) is 39.9 Å². The van der Waals surface area contributed by atoms with Gasteiger partial charge in [0, 0.05) is 31.1 Å². The van der Waals surface area contributed by atoms with Gasteiger partial charge >= 0.3 is 0 Å². The molecule has 0 aliphatic carbocycles. The van der Waals surface area contributed by atoms with Gasteiger partial charge in [-0.25, -0.2) is 8.42 Å². The maximum absolute atomic E-state index is 12.7. The quantitative estimate of drug-likeness (QED) is 0.862. The molecule has 1 aromatic carbocycles. The fraction of sp³-hybridized carbons (Fsp3) is 0.375. The lowest BCUT2D eigenvalue weighted by molar-refractivity contribution is 0.281. The molecule has 118 valence electrons. The molecule has 2 heterocycles. The Morgan fingerprint density at radius 2 is 1.77 bits per heavy atom. The molecule has 1 fully saturated rings. The van der Waals surface area contributed by atoms with Crippen molar-refractivity contribution in [1.82, 2.24) is 9.21 Å². The Morgan fingerprint density at radius 3 is 2.50 bits per heavy atom. The Hall–Kier alpha value is -1.21. The lowest BCUT2D eigenvalue weighted by Crippen LogP contribution is -2.35. The van der Waals surface area contributed by atoms with Crippen LogP contribution in [0.5, 0.6) is 0 Å². The van der Waals surface area contributed by atoms with Gasteiger partial charge in [-0.2, -0.15) is 4.31 Å². The molecule has 22 heavy (non-hydrogen) atoms. The molecule has 1 saturated heterocycles. The van der Waals surface area contributed by atoms with Crippen LogP contribution >= 0.6 is 11.3 Å². The zero-order chi connectivity index (χ0) is 15.4. The summed E-state index contributed by atoms with van der Waals surface area (Å²) in [6.45, 7) is 3.79. The Bertz CT molecular complexity index is 684. The van der Waals surface area contributed by atoms with E-state index in [0.29, 0.717) is 18.0 Å². The molecule has 4 nitrogen and oxygen atoms in total. The average molecular weight is 336 g/mol. The van der Waals surface area contributed by atoms with Crippen LogP contribution in [-0.2, 0) is 16.6 Å². The van der Waals surface area contributed by atoms with Crippen LogP contribution in [0, 0.1) is 0 Å². The molecule has 2 aromatic rings. The average Bonchev–Trinajstić information content (AvgIpc) is 2.92. The first kappa shape index (κ1) is 15.7. The number of hydrogen-bond donors (Lipinski definition) is 0. The van der Waals surface area contributed by atoms with Gasteiger partial charge < -0.3 is 0 Å². The number of nitrogens with zero attached hydrogens (tertiary/aromatic N) is 2. The molecule has 1 aromatic heterocycles. The zero-order valence-corrected chi connectivity index (χ0v) is 14.0. The number of benzene rings is 1. The second-order valence-electron chi connectivity index (χ2n) is 5.43. The Balaban J connectivity index is 1.67. The number of rotatable bonds is 4. The van der Waals surface area contributed by atoms with Crippen molar-refractivity contribution in [3.8, 4) is 0 Å². The normalized spacial score (nSPS) is 18.2. The third kappa shape index (κ3) is 3.57. The molecule has 0 saturated carbocycles. The van der Waals surface area contributed by atoms with Crippen molar-refractivity contribution >= 4 is 21.4 Å². The van der Waals surface area contributed by atoms with E-state index in [4.69, 9.17) is 0 Å². The van der Waals surface area contributed by atoms with Crippen molar-refractivity contribution < 1.29 is 8.42 Å². The van der Waals surface area contributed by atoms with Crippen LogP contribution in [0.15, 0.2) is 52.7 Å². The molecule has 0 bridgehead atoms. The minimum Gasteiger partial charge on any atom is -0.297 e. The summed E-state index contributed by atoms with van der Waals surface area (Å²) in [6, 6.07) is 12.9. The predicted octanol–water partition coefficient (Wildman–Crippen LogP) is 2.64. The van der Waals surface area contributed by atoms with E-state index in [2.05, 4.69) is 22.4 Å². The molecule has 3 rings (SSSR count). The minimum absolute atomic E-state index is 0.390. The molecule has 1 aliphatic heterocycles. The Labute approximate surface area is 136 Å². The van der Waals surface area contributed by atoms with Crippen LogP contribution < -0.4 is 0 Å². The predicted molar refractivity (Wildman–Crippen MR) is 89.4 cm³/mol. The van der Waals surface area contributed by atoms with Gasteiger partial charge in [0.25, 0.3) is 0 Å². The highest BCUT2D eigenvalue weighted by Gasteiger charge is 2.26. The van der Waals surface area contributed by atoms with Gasteiger partial charge in [-0.15, -0.1) is 11.3 Å². The Kier molecular flexibility index (Phi) is 4.93. The highest BCUT2D eigenvalue weighted by atomic mass is 32.2. The summed E-state index contributed by atoms with van der Waals surface area (Å²) in [5, 5.41) is 2.08. The maximum Gasteiger partial charge on any atom is 0.243 e. The maximum atomic E-state index is 12.7. The van der Waals surface area contributed by atoms with Gasteiger partial charge in [-0.1, -0.05) is 24.3 Å². The highest BCUT2D eigenvalue weighted by Crippen LogP contribution is 2.19. The van der Waals surface area contributed by atoms with Crippen LogP contribution in [-0.4, -0.2) is 43.8 Å². The number of sulfonamides is 1. The third-order valence-corrected chi connectivity index (χ3v) is 6.66. The summed E-state index contributed by atoms with van der Waals surface area (Å²) >= 11 is 1.75. The second-order valence-corrected chi connectivity index (χ2v) is 8.40. The van der Waals surface area contributed by atoms with Crippen molar-refractivity contribution in [3.63, 3.8) is 0 Å². The van der Waals surface area contributed by atoms with E-state index >= 15 is 0 Å². The van der Waals surface area contributed by atoms with Gasteiger partial charge in [0.05, 0.1) is 4.90 Å². The first-order valence-electron chi connectivity index (χ1n) is 7.46. The van der Waals surface area contributed by atoms with E-state index in [0.717, 1.165) is 26.1 Å². The van der Waals surface area contributed by atoms with Crippen LogP contribution in [0.1, 0.15) is 11.3 Å². The number of thiophene rings is 1. The monoisotopic (exact) mass is 336 g/mol. The van der Waals surface area contributed by atoms with Crippen LogP contribution in [0.3, 0.4) is 0 Å². The first-order chi connectivity index (χ1) is 10.7. The fourth-order valence-corrected chi connectivity index (χ4v) is 4.95. The second kappa shape index (κ2) is 6.91. The lowest BCUT2D eigenvalue weighted by atomic mass is 10.3. The van der Waals surface area contributed by atoms with E-state index in [1.165, 1.54) is 4.88 Å². The molecule has 0 atom stereocenters. The molecule has 1 aliphatic rings. The standard InChI is InChI=1S/C16H20N2O2S2/c19-22(20,16-7-2-1-3-8-16)18-10-5-9-17(11-12-18)14-15-6-4-13-21-15/h1-4,6-8,13H,5,9-12,14H2. The van der Waals surface area contributed by atoms with Crippen LogP contribution in [0.25, 0.3) is 0 Å². The zero-order valence-electron chi connectivity index (χ0n) is 12.4. The third-order valence-electron chi connectivity index (χ3n) is 3.89. The SMILES string of the molecule is O=S(=O)(c1ccccc1)N1CCCN(Cc2cccs2)CC1. The van der Waals surface area contributed by atoms with Gasteiger partial charge in [0.2, 0.25) is 10.0 Å². The Morgan fingerprint density at radius 1 is 0.955 bits per heavy atom. The topological polar surface area (TPSA) is 40.6 Å². The van der Waals surface area contributed by atoms with Gasteiger partial charge in [-0.05, 0) is 36.5 Å². The van der Waals surface area contributed by atoms with Crippen molar-refractivity contribution in [2.45, 2.75) is 17.9 Å². The van der Waals surface area contributed by atoms with Crippen LogP contribution in [0.2, 0.25) is 0 Å². The molecular weight excluding hydrogens is 316 g/mol. The lowest BCUT2D eigenvalue weighted by Gasteiger charge is -2.21. The summed E-state index contributed by atoms with van der Waals surface area (Å²) in [4.78, 5) is 4.06. The molecule has 0 N–H and O–H groups in total. The summed E-state index contributed by atoms with van der Waals surface area (Å²) in [5.74, 6) is 0.